The fourth-order valence-corrected chi connectivity index (χ4v) is 5.61. The van der Waals surface area contributed by atoms with E-state index in [4.69, 9.17) is 8.60 Å². The van der Waals surface area contributed by atoms with Gasteiger partial charge in [-0.2, -0.15) is 21.6 Å². The molecule has 41 heavy (non-hydrogen) atoms. The molecule has 8 nitrogen and oxygen atoms in total. The zero-order valence-electron chi connectivity index (χ0n) is 20.6. The number of alkyl halides is 3. The van der Waals surface area contributed by atoms with Crippen molar-refractivity contribution in [3.05, 3.63) is 119 Å². The summed E-state index contributed by atoms with van der Waals surface area (Å²) >= 11 is 0. The standard InChI is InChI=1S/C28H18F3NO7S2/c29-28(30,31)21-11-15-23(16-12-21)41(36,37)39-25-8-4-7-20-17-24(27(33)38-26(20)25)32(40(34)35)22-13-9-19(10-14-22)18-5-2-1-3-6-18/h1-17,40H. The fraction of sp³-hybridized carbons (Fsp3) is 0.0357. The zero-order valence-corrected chi connectivity index (χ0v) is 22.3. The Balaban J connectivity index is 1.50. The lowest BCUT2D eigenvalue weighted by atomic mass is 10.1. The third-order valence-electron chi connectivity index (χ3n) is 5.99. The summed E-state index contributed by atoms with van der Waals surface area (Å²) in [6.45, 7) is 0. The largest absolute Gasteiger partial charge is 0.417 e. The summed E-state index contributed by atoms with van der Waals surface area (Å²) in [5.41, 5.74) is -0.938. The molecule has 0 spiro atoms. The molecule has 0 aliphatic carbocycles. The quantitative estimate of drug-likeness (QED) is 0.140. The van der Waals surface area contributed by atoms with Crippen LogP contribution in [0.15, 0.2) is 117 Å². The monoisotopic (exact) mass is 601 g/mol. The van der Waals surface area contributed by atoms with E-state index < -0.39 is 49.0 Å². The van der Waals surface area contributed by atoms with E-state index in [9.17, 15) is 34.8 Å². The molecule has 0 unspecified atom stereocenters. The predicted octanol–water partition coefficient (Wildman–Crippen LogP) is 5.91. The Morgan fingerprint density at radius 3 is 2.02 bits per heavy atom. The SMILES string of the molecule is O=c1oc2c(OS(=O)(=O)c3ccc(C(F)(F)F)cc3)cccc2cc1N(c1ccc(-c2ccccc2)cc1)[SH](=O)=O. The molecule has 0 N–H and O–H groups in total. The Bertz CT molecular complexity index is 1960. The van der Waals surface area contributed by atoms with Crippen LogP contribution in [0.25, 0.3) is 22.1 Å². The molecule has 0 saturated carbocycles. The Morgan fingerprint density at radius 2 is 1.41 bits per heavy atom. The van der Waals surface area contributed by atoms with Crippen LogP contribution in [-0.4, -0.2) is 16.8 Å². The summed E-state index contributed by atoms with van der Waals surface area (Å²) in [6.07, 6.45) is -4.66. The Labute approximate surface area is 233 Å². The molecule has 1 aromatic heterocycles. The molecule has 0 aliphatic heterocycles. The molecule has 0 fully saturated rings. The highest BCUT2D eigenvalue weighted by Gasteiger charge is 2.31. The first-order valence-corrected chi connectivity index (χ1v) is 14.3. The number of hydrogen-bond donors (Lipinski definition) is 1. The third-order valence-corrected chi connectivity index (χ3v) is 8.01. The predicted molar refractivity (Wildman–Crippen MR) is 146 cm³/mol. The highest BCUT2D eigenvalue weighted by molar-refractivity contribution is 7.87. The van der Waals surface area contributed by atoms with Gasteiger partial charge in [0.05, 0.1) is 11.3 Å². The summed E-state index contributed by atoms with van der Waals surface area (Å²) < 4.78 is 99.7. The van der Waals surface area contributed by atoms with Gasteiger partial charge in [0.2, 0.25) is 10.9 Å². The number of rotatable bonds is 7. The lowest BCUT2D eigenvalue weighted by Gasteiger charge is -2.17. The minimum Gasteiger partial charge on any atom is -0.417 e. The topological polar surface area (TPSA) is 111 Å². The van der Waals surface area contributed by atoms with Crippen molar-refractivity contribution in [2.75, 3.05) is 4.31 Å². The lowest BCUT2D eigenvalue weighted by molar-refractivity contribution is -0.137. The van der Waals surface area contributed by atoms with Crippen LogP contribution >= 0.6 is 0 Å². The molecule has 0 aliphatic rings. The molecule has 4 aromatic carbocycles. The van der Waals surface area contributed by atoms with Gasteiger partial charge < -0.3 is 8.60 Å². The average Bonchev–Trinajstić information content (AvgIpc) is 2.94. The Hall–Kier alpha value is -4.62. The van der Waals surface area contributed by atoms with Crippen molar-refractivity contribution in [3.63, 3.8) is 0 Å². The fourth-order valence-electron chi connectivity index (χ4n) is 4.04. The number of thiol groups is 1. The molecule has 0 bridgehead atoms. The summed E-state index contributed by atoms with van der Waals surface area (Å²) in [6, 6.07) is 23.6. The maximum absolute atomic E-state index is 13.0. The zero-order chi connectivity index (χ0) is 29.4. The van der Waals surface area contributed by atoms with Crippen molar-refractivity contribution >= 4 is 43.4 Å². The minimum atomic E-state index is -4.66. The van der Waals surface area contributed by atoms with Crippen LogP contribution in [0.4, 0.5) is 24.5 Å². The van der Waals surface area contributed by atoms with Crippen molar-refractivity contribution in [1.29, 1.82) is 0 Å². The van der Waals surface area contributed by atoms with Crippen molar-refractivity contribution in [2.45, 2.75) is 11.1 Å². The van der Waals surface area contributed by atoms with Gasteiger partial charge in [0.15, 0.2) is 11.3 Å². The number of anilines is 2. The molecule has 5 aromatic rings. The number of benzene rings is 4. The summed E-state index contributed by atoms with van der Waals surface area (Å²) in [4.78, 5) is 12.4. The van der Waals surface area contributed by atoms with Gasteiger partial charge in [-0.1, -0.05) is 54.6 Å². The van der Waals surface area contributed by atoms with Gasteiger partial charge in [0, 0.05) is 5.39 Å². The summed E-state index contributed by atoms with van der Waals surface area (Å²) in [7, 11) is -7.98. The first kappa shape index (κ1) is 27.9. The molecular weight excluding hydrogens is 583 g/mol. The van der Waals surface area contributed by atoms with Gasteiger partial charge in [0.1, 0.15) is 10.6 Å². The molecule has 0 radical (unpaired) electrons. The normalized spacial score (nSPS) is 12.0. The van der Waals surface area contributed by atoms with E-state index in [1.807, 2.05) is 30.3 Å². The molecule has 0 saturated heterocycles. The maximum atomic E-state index is 13.0. The molecule has 13 heteroatoms. The Kier molecular flexibility index (Phi) is 7.32. The van der Waals surface area contributed by atoms with E-state index in [-0.39, 0.29) is 22.3 Å². The number of hydrogen-bond acceptors (Lipinski definition) is 7. The number of nitrogens with zero attached hydrogens (tertiary/aromatic N) is 1. The van der Waals surface area contributed by atoms with Crippen molar-refractivity contribution < 1.29 is 38.6 Å². The van der Waals surface area contributed by atoms with Gasteiger partial charge in [-0.05, 0) is 59.7 Å². The second-order valence-electron chi connectivity index (χ2n) is 8.62. The van der Waals surface area contributed by atoms with E-state index in [2.05, 4.69) is 0 Å². The lowest BCUT2D eigenvalue weighted by Crippen LogP contribution is -2.21. The van der Waals surface area contributed by atoms with Crippen molar-refractivity contribution in [3.8, 4) is 16.9 Å². The first-order chi connectivity index (χ1) is 19.4. The molecule has 5 rings (SSSR count). The van der Waals surface area contributed by atoms with Crippen molar-refractivity contribution in [2.24, 2.45) is 0 Å². The van der Waals surface area contributed by atoms with Gasteiger partial charge in [-0.25, -0.2) is 17.5 Å². The van der Waals surface area contributed by atoms with Crippen LogP contribution in [0.5, 0.6) is 5.75 Å². The van der Waals surface area contributed by atoms with Crippen LogP contribution in [-0.2, 0) is 27.2 Å². The summed E-state index contributed by atoms with van der Waals surface area (Å²) in [5, 5.41) is 0.127. The van der Waals surface area contributed by atoms with Crippen LogP contribution < -0.4 is 14.1 Å². The van der Waals surface area contributed by atoms with E-state index >= 15 is 0 Å². The van der Waals surface area contributed by atoms with Crippen LogP contribution in [0.2, 0.25) is 0 Å². The smallest absolute Gasteiger partial charge is 0.416 e. The molecule has 210 valence electrons. The second kappa shape index (κ2) is 10.7. The average molecular weight is 602 g/mol. The van der Waals surface area contributed by atoms with Crippen LogP contribution in [0.1, 0.15) is 5.56 Å². The highest BCUT2D eigenvalue weighted by Crippen LogP contribution is 2.33. The highest BCUT2D eigenvalue weighted by atomic mass is 32.2. The van der Waals surface area contributed by atoms with E-state index in [0.29, 0.717) is 12.1 Å². The third kappa shape index (κ3) is 5.81. The number of fused-ring (bicyclic) bond motifs is 1. The van der Waals surface area contributed by atoms with Gasteiger partial charge in [0.25, 0.3) is 0 Å². The van der Waals surface area contributed by atoms with Gasteiger partial charge in [-0.15, -0.1) is 0 Å². The maximum Gasteiger partial charge on any atom is 0.416 e. The Morgan fingerprint density at radius 1 is 0.780 bits per heavy atom. The van der Waals surface area contributed by atoms with E-state index in [0.717, 1.165) is 27.6 Å². The van der Waals surface area contributed by atoms with Gasteiger partial charge in [-0.3, -0.25) is 0 Å². The second-order valence-corrected chi connectivity index (χ2v) is 11.0. The number of halogens is 3. The van der Waals surface area contributed by atoms with Crippen LogP contribution in [0, 0.1) is 0 Å². The molecular formula is C28H18F3NO7S2. The van der Waals surface area contributed by atoms with Crippen molar-refractivity contribution in [1.82, 2.24) is 0 Å². The number of para-hydroxylation sites is 1. The summed E-state index contributed by atoms with van der Waals surface area (Å²) in [5.74, 6) is -0.420. The van der Waals surface area contributed by atoms with Gasteiger partial charge >= 0.3 is 21.9 Å². The molecule has 0 amide bonds. The molecule has 0 atom stereocenters. The molecule has 1 heterocycles. The van der Waals surface area contributed by atoms with E-state index in [1.165, 1.54) is 36.4 Å². The van der Waals surface area contributed by atoms with Crippen LogP contribution in [0.3, 0.4) is 0 Å². The van der Waals surface area contributed by atoms with E-state index in [1.54, 1.807) is 12.1 Å². The minimum absolute atomic E-state index is 0.127. The first-order valence-electron chi connectivity index (χ1n) is 11.7.